The largest absolute Gasteiger partial charge is 0.392 e. The smallest absolute Gasteiger partial charge is 0.130 e. The van der Waals surface area contributed by atoms with E-state index in [1.54, 1.807) is 24.5 Å². The number of aliphatic hydroxyl groups excluding tert-OH is 1. The lowest BCUT2D eigenvalue weighted by Crippen LogP contribution is -1.90. The number of aromatic nitrogens is 2. The molecule has 0 spiro atoms. The number of aliphatic hydroxyl groups is 1. The van der Waals surface area contributed by atoms with Crippen LogP contribution in [-0.4, -0.2) is 15.1 Å². The highest BCUT2D eigenvalue weighted by molar-refractivity contribution is 6.29. The molecule has 76 valence electrons. The standard InChI is InChI=1S/C11H9ClN2O/c12-11-5-8(7-15)4-10(14-11)9-2-1-3-13-6-9/h1-6,15H,7H2. The lowest BCUT2D eigenvalue weighted by molar-refractivity contribution is 0.282. The van der Waals surface area contributed by atoms with E-state index in [4.69, 9.17) is 16.7 Å². The molecule has 2 heterocycles. The van der Waals surface area contributed by atoms with Crippen molar-refractivity contribution in [2.45, 2.75) is 6.61 Å². The molecule has 2 aromatic heterocycles. The van der Waals surface area contributed by atoms with Crippen molar-refractivity contribution in [3.63, 3.8) is 0 Å². The first kappa shape index (κ1) is 10.1. The molecule has 0 saturated carbocycles. The Morgan fingerprint density at radius 2 is 2.20 bits per heavy atom. The lowest BCUT2D eigenvalue weighted by atomic mass is 10.1. The van der Waals surface area contributed by atoms with Crippen LogP contribution in [0.3, 0.4) is 0 Å². The predicted octanol–water partition coefficient (Wildman–Crippen LogP) is 2.29. The van der Waals surface area contributed by atoms with Crippen LogP contribution in [0.15, 0.2) is 36.7 Å². The van der Waals surface area contributed by atoms with Gasteiger partial charge < -0.3 is 5.11 Å². The SMILES string of the molecule is OCc1cc(Cl)nc(-c2cccnc2)c1. The average molecular weight is 221 g/mol. The van der Waals surface area contributed by atoms with E-state index < -0.39 is 0 Å². The van der Waals surface area contributed by atoms with Crippen molar-refractivity contribution in [3.8, 4) is 11.3 Å². The molecule has 2 rings (SSSR count). The van der Waals surface area contributed by atoms with Crippen LogP contribution in [0.25, 0.3) is 11.3 Å². The Kier molecular flexibility index (Phi) is 2.94. The van der Waals surface area contributed by atoms with Gasteiger partial charge in [0.05, 0.1) is 12.3 Å². The van der Waals surface area contributed by atoms with Crippen LogP contribution in [0, 0.1) is 0 Å². The van der Waals surface area contributed by atoms with E-state index in [0.717, 1.165) is 16.8 Å². The van der Waals surface area contributed by atoms with Crippen LogP contribution in [-0.2, 0) is 6.61 Å². The second kappa shape index (κ2) is 4.38. The Morgan fingerprint density at radius 3 is 2.87 bits per heavy atom. The maximum atomic E-state index is 9.03. The summed E-state index contributed by atoms with van der Waals surface area (Å²) in [5.74, 6) is 0. The molecular formula is C11H9ClN2O. The van der Waals surface area contributed by atoms with Crippen LogP contribution < -0.4 is 0 Å². The van der Waals surface area contributed by atoms with Crippen LogP contribution in [0.4, 0.5) is 0 Å². The molecule has 0 aliphatic carbocycles. The molecule has 1 N–H and O–H groups in total. The molecule has 0 fully saturated rings. The van der Waals surface area contributed by atoms with Crippen molar-refractivity contribution in [2.24, 2.45) is 0 Å². The van der Waals surface area contributed by atoms with Crippen molar-refractivity contribution in [1.82, 2.24) is 9.97 Å². The number of halogens is 1. The second-order valence-electron chi connectivity index (χ2n) is 3.08. The van der Waals surface area contributed by atoms with Crippen molar-refractivity contribution in [1.29, 1.82) is 0 Å². The predicted molar refractivity (Wildman–Crippen MR) is 58.4 cm³/mol. The van der Waals surface area contributed by atoms with Crippen molar-refractivity contribution in [3.05, 3.63) is 47.4 Å². The van der Waals surface area contributed by atoms with E-state index in [0.29, 0.717) is 5.15 Å². The highest BCUT2D eigenvalue weighted by Crippen LogP contribution is 2.20. The van der Waals surface area contributed by atoms with Gasteiger partial charge >= 0.3 is 0 Å². The number of pyridine rings is 2. The zero-order valence-corrected chi connectivity index (χ0v) is 8.65. The highest BCUT2D eigenvalue weighted by atomic mass is 35.5. The van der Waals surface area contributed by atoms with Crippen molar-refractivity contribution < 1.29 is 5.11 Å². The Balaban J connectivity index is 2.49. The number of hydrogen-bond acceptors (Lipinski definition) is 3. The Labute approximate surface area is 92.4 Å². The zero-order valence-electron chi connectivity index (χ0n) is 7.89. The van der Waals surface area contributed by atoms with E-state index in [2.05, 4.69) is 9.97 Å². The Hall–Kier alpha value is -1.45. The first-order chi connectivity index (χ1) is 7.29. The monoisotopic (exact) mass is 220 g/mol. The fourth-order valence-electron chi connectivity index (χ4n) is 1.30. The van der Waals surface area contributed by atoms with Gasteiger partial charge in [-0.1, -0.05) is 11.6 Å². The lowest BCUT2D eigenvalue weighted by Gasteiger charge is -2.03. The number of hydrogen-bond donors (Lipinski definition) is 1. The van der Waals surface area contributed by atoms with Gasteiger partial charge in [0.2, 0.25) is 0 Å². The van der Waals surface area contributed by atoms with Crippen LogP contribution in [0.2, 0.25) is 5.15 Å². The summed E-state index contributed by atoms with van der Waals surface area (Å²) in [5.41, 5.74) is 2.35. The molecule has 0 amide bonds. The van der Waals surface area contributed by atoms with Gasteiger partial charge in [-0.2, -0.15) is 0 Å². The molecule has 4 heteroatoms. The topological polar surface area (TPSA) is 46.0 Å². The first-order valence-corrected chi connectivity index (χ1v) is 4.85. The van der Waals surface area contributed by atoms with Gasteiger partial charge in [-0.15, -0.1) is 0 Å². The van der Waals surface area contributed by atoms with Crippen LogP contribution in [0.5, 0.6) is 0 Å². The zero-order chi connectivity index (χ0) is 10.7. The molecule has 0 aromatic carbocycles. The van der Waals surface area contributed by atoms with E-state index in [1.807, 2.05) is 12.1 Å². The fraction of sp³-hybridized carbons (Fsp3) is 0.0909. The molecule has 3 nitrogen and oxygen atoms in total. The summed E-state index contributed by atoms with van der Waals surface area (Å²) in [7, 11) is 0. The van der Waals surface area contributed by atoms with E-state index in [9.17, 15) is 0 Å². The van der Waals surface area contributed by atoms with Gasteiger partial charge in [0.25, 0.3) is 0 Å². The summed E-state index contributed by atoms with van der Waals surface area (Å²) in [6, 6.07) is 7.16. The van der Waals surface area contributed by atoms with Gasteiger partial charge in [-0.05, 0) is 29.8 Å². The van der Waals surface area contributed by atoms with E-state index >= 15 is 0 Å². The van der Waals surface area contributed by atoms with Crippen molar-refractivity contribution >= 4 is 11.6 Å². The maximum absolute atomic E-state index is 9.03. The molecule has 0 unspecified atom stereocenters. The minimum Gasteiger partial charge on any atom is -0.392 e. The normalized spacial score (nSPS) is 10.3. The molecule has 2 aromatic rings. The van der Waals surface area contributed by atoms with Gasteiger partial charge in [-0.3, -0.25) is 4.98 Å². The summed E-state index contributed by atoms with van der Waals surface area (Å²) in [6.07, 6.45) is 3.40. The van der Waals surface area contributed by atoms with Gasteiger partial charge in [0.15, 0.2) is 0 Å². The third kappa shape index (κ3) is 2.32. The molecular weight excluding hydrogens is 212 g/mol. The van der Waals surface area contributed by atoms with Crippen molar-refractivity contribution in [2.75, 3.05) is 0 Å². The molecule has 0 bridgehead atoms. The van der Waals surface area contributed by atoms with Crippen LogP contribution in [0.1, 0.15) is 5.56 Å². The second-order valence-corrected chi connectivity index (χ2v) is 3.47. The van der Waals surface area contributed by atoms with Gasteiger partial charge in [0.1, 0.15) is 5.15 Å². The van der Waals surface area contributed by atoms with Gasteiger partial charge in [-0.25, -0.2) is 4.98 Å². The van der Waals surface area contributed by atoms with Gasteiger partial charge in [0, 0.05) is 18.0 Å². The Bertz CT molecular complexity index is 459. The Morgan fingerprint density at radius 1 is 1.33 bits per heavy atom. The first-order valence-electron chi connectivity index (χ1n) is 4.47. The van der Waals surface area contributed by atoms with E-state index in [-0.39, 0.29) is 6.61 Å². The number of rotatable bonds is 2. The molecule has 0 saturated heterocycles. The average Bonchev–Trinajstić information content (AvgIpc) is 2.29. The summed E-state index contributed by atoms with van der Waals surface area (Å²) in [6.45, 7) is -0.0461. The molecule has 15 heavy (non-hydrogen) atoms. The molecule has 0 aliphatic rings. The summed E-state index contributed by atoms with van der Waals surface area (Å²) < 4.78 is 0. The van der Waals surface area contributed by atoms with E-state index in [1.165, 1.54) is 0 Å². The maximum Gasteiger partial charge on any atom is 0.130 e. The molecule has 0 radical (unpaired) electrons. The summed E-state index contributed by atoms with van der Waals surface area (Å²) in [5, 5.41) is 9.41. The number of nitrogens with zero attached hydrogens (tertiary/aromatic N) is 2. The minimum absolute atomic E-state index is 0.0461. The fourth-order valence-corrected chi connectivity index (χ4v) is 1.53. The third-order valence-corrected chi connectivity index (χ3v) is 2.19. The quantitative estimate of drug-likeness (QED) is 0.790. The summed E-state index contributed by atoms with van der Waals surface area (Å²) in [4.78, 5) is 8.17. The molecule has 0 atom stereocenters. The molecule has 0 aliphatic heterocycles. The highest BCUT2D eigenvalue weighted by Gasteiger charge is 2.03. The summed E-state index contributed by atoms with van der Waals surface area (Å²) >= 11 is 5.84. The van der Waals surface area contributed by atoms with Crippen LogP contribution >= 0.6 is 11.6 Å². The minimum atomic E-state index is -0.0461. The third-order valence-electron chi connectivity index (χ3n) is 1.99.